The van der Waals surface area contributed by atoms with Crippen LogP contribution in [0.15, 0.2) is 66.7 Å². The SMILES string of the molecule is CCOC(=O)Nc1ccc(NCc2cccc(F)c2C)cc1OCc1ccccc1. The Balaban J connectivity index is 1.76. The van der Waals surface area contributed by atoms with E-state index in [4.69, 9.17) is 9.47 Å². The molecule has 3 rings (SSSR count). The van der Waals surface area contributed by atoms with E-state index in [2.05, 4.69) is 10.6 Å². The minimum absolute atomic E-state index is 0.227. The maximum atomic E-state index is 13.8. The van der Waals surface area contributed by atoms with E-state index in [0.29, 0.717) is 30.2 Å². The van der Waals surface area contributed by atoms with Crippen LogP contribution in [0.2, 0.25) is 0 Å². The number of halogens is 1. The second-order valence-electron chi connectivity index (χ2n) is 6.71. The zero-order valence-corrected chi connectivity index (χ0v) is 17.1. The molecule has 0 heterocycles. The maximum absolute atomic E-state index is 13.8. The van der Waals surface area contributed by atoms with E-state index < -0.39 is 6.09 Å². The first-order valence-electron chi connectivity index (χ1n) is 9.79. The summed E-state index contributed by atoms with van der Waals surface area (Å²) >= 11 is 0. The molecule has 0 aliphatic rings. The Kier molecular flexibility index (Phi) is 7.27. The van der Waals surface area contributed by atoms with Gasteiger partial charge in [-0.2, -0.15) is 0 Å². The highest BCUT2D eigenvalue weighted by Crippen LogP contribution is 2.30. The lowest BCUT2D eigenvalue weighted by Gasteiger charge is -2.15. The van der Waals surface area contributed by atoms with Crippen LogP contribution in [0.25, 0.3) is 0 Å². The van der Waals surface area contributed by atoms with Crippen LogP contribution in [0, 0.1) is 12.7 Å². The number of amides is 1. The van der Waals surface area contributed by atoms with Gasteiger partial charge in [0.15, 0.2) is 0 Å². The van der Waals surface area contributed by atoms with Crippen molar-refractivity contribution in [2.24, 2.45) is 0 Å². The predicted octanol–water partition coefficient (Wildman–Crippen LogP) is 5.89. The summed E-state index contributed by atoms with van der Waals surface area (Å²) in [7, 11) is 0. The lowest BCUT2D eigenvalue weighted by atomic mass is 10.1. The van der Waals surface area contributed by atoms with Gasteiger partial charge in [0.2, 0.25) is 0 Å². The van der Waals surface area contributed by atoms with Crippen molar-refractivity contribution in [3.63, 3.8) is 0 Å². The zero-order valence-electron chi connectivity index (χ0n) is 17.1. The average Bonchev–Trinajstić information content (AvgIpc) is 2.75. The fourth-order valence-corrected chi connectivity index (χ4v) is 2.91. The standard InChI is InChI=1S/C24H25FN2O3/c1-3-29-24(28)27-22-13-12-20(26-15-19-10-7-11-21(25)17(19)2)14-23(22)30-16-18-8-5-4-6-9-18/h4-14,26H,3,15-16H2,1-2H3,(H,27,28). The molecule has 0 saturated heterocycles. The number of benzene rings is 3. The van der Waals surface area contributed by atoms with E-state index in [9.17, 15) is 9.18 Å². The molecule has 0 atom stereocenters. The normalized spacial score (nSPS) is 10.4. The third-order valence-electron chi connectivity index (χ3n) is 4.59. The van der Waals surface area contributed by atoms with Gasteiger partial charge in [0.1, 0.15) is 18.2 Å². The fraction of sp³-hybridized carbons (Fsp3) is 0.208. The Morgan fingerprint density at radius 2 is 1.83 bits per heavy atom. The van der Waals surface area contributed by atoms with Crippen LogP contribution in [0.3, 0.4) is 0 Å². The first-order chi connectivity index (χ1) is 14.6. The zero-order chi connectivity index (χ0) is 21.3. The van der Waals surface area contributed by atoms with Gasteiger partial charge in [0, 0.05) is 18.3 Å². The number of hydrogen-bond acceptors (Lipinski definition) is 4. The molecule has 0 fully saturated rings. The Morgan fingerprint density at radius 3 is 2.60 bits per heavy atom. The largest absolute Gasteiger partial charge is 0.487 e. The molecule has 0 bridgehead atoms. The van der Waals surface area contributed by atoms with Crippen molar-refractivity contribution in [2.75, 3.05) is 17.2 Å². The molecule has 3 aromatic carbocycles. The number of hydrogen-bond donors (Lipinski definition) is 2. The topological polar surface area (TPSA) is 59.6 Å². The number of nitrogens with one attached hydrogen (secondary N) is 2. The maximum Gasteiger partial charge on any atom is 0.411 e. The summed E-state index contributed by atoms with van der Waals surface area (Å²) in [5, 5.41) is 5.98. The molecule has 0 spiro atoms. The molecule has 0 aliphatic heterocycles. The van der Waals surface area contributed by atoms with Gasteiger partial charge >= 0.3 is 6.09 Å². The summed E-state index contributed by atoms with van der Waals surface area (Å²) in [5.41, 5.74) is 3.79. The number of ether oxygens (including phenoxy) is 2. The van der Waals surface area contributed by atoms with Crippen LogP contribution >= 0.6 is 0 Å². The summed E-state index contributed by atoms with van der Waals surface area (Å²) in [4.78, 5) is 11.9. The van der Waals surface area contributed by atoms with E-state index in [1.165, 1.54) is 6.07 Å². The van der Waals surface area contributed by atoms with Gasteiger partial charge in [-0.3, -0.25) is 5.32 Å². The minimum atomic E-state index is -0.543. The van der Waals surface area contributed by atoms with Crippen LogP contribution in [0.4, 0.5) is 20.6 Å². The summed E-state index contributed by atoms with van der Waals surface area (Å²) in [5.74, 6) is 0.281. The van der Waals surface area contributed by atoms with Crippen molar-refractivity contribution in [3.8, 4) is 5.75 Å². The Labute approximate surface area is 175 Å². The summed E-state index contributed by atoms with van der Waals surface area (Å²) < 4.78 is 24.7. The van der Waals surface area contributed by atoms with Gasteiger partial charge < -0.3 is 14.8 Å². The van der Waals surface area contributed by atoms with Gasteiger partial charge in [-0.1, -0.05) is 42.5 Å². The van der Waals surface area contributed by atoms with Crippen LogP contribution in [-0.4, -0.2) is 12.7 Å². The van der Waals surface area contributed by atoms with E-state index in [1.807, 2.05) is 42.5 Å². The van der Waals surface area contributed by atoms with Crippen molar-refractivity contribution >= 4 is 17.5 Å². The van der Waals surface area contributed by atoms with Gasteiger partial charge in [-0.15, -0.1) is 0 Å². The third kappa shape index (κ3) is 5.73. The second-order valence-corrected chi connectivity index (χ2v) is 6.71. The molecule has 0 saturated carbocycles. The van der Waals surface area contributed by atoms with Crippen molar-refractivity contribution in [1.29, 1.82) is 0 Å². The molecule has 6 heteroatoms. The lowest BCUT2D eigenvalue weighted by Crippen LogP contribution is -2.14. The number of carbonyl (C=O) groups is 1. The molecule has 3 aromatic rings. The highest BCUT2D eigenvalue weighted by molar-refractivity contribution is 5.87. The van der Waals surface area contributed by atoms with Crippen molar-refractivity contribution < 1.29 is 18.7 Å². The molecular formula is C24H25FN2O3. The molecule has 0 unspecified atom stereocenters. The minimum Gasteiger partial charge on any atom is -0.487 e. The van der Waals surface area contributed by atoms with Crippen LogP contribution < -0.4 is 15.4 Å². The molecular weight excluding hydrogens is 383 g/mol. The van der Waals surface area contributed by atoms with E-state index in [0.717, 1.165) is 16.8 Å². The average molecular weight is 408 g/mol. The highest BCUT2D eigenvalue weighted by atomic mass is 19.1. The molecule has 0 aliphatic carbocycles. The molecule has 30 heavy (non-hydrogen) atoms. The van der Waals surface area contributed by atoms with Crippen molar-refractivity contribution in [3.05, 3.63) is 89.2 Å². The van der Waals surface area contributed by atoms with Crippen LogP contribution in [0.5, 0.6) is 5.75 Å². The first kappa shape index (κ1) is 21.2. The first-order valence-corrected chi connectivity index (χ1v) is 9.79. The van der Waals surface area contributed by atoms with Crippen molar-refractivity contribution in [2.45, 2.75) is 27.0 Å². The monoisotopic (exact) mass is 408 g/mol. The number of rotatable bonds is 8. The summed E-state index contributed by atoms with van der Waals surface area (Å²) in [6, 6.07) is 20.2. The summed E-state index contributed by atoms with van der Waals surface area (Å²) in [6.45, 7) is 4.59. The van der Waals surface area contributed by atoms with E-state index in [-0.39, 0.29) is 12.4 Å². The molecule has 156 valence electrons. The molecule has 2 N–H and O–H groups in total. The smallest absolute Gasteiger partial charge is 0.411 e. The van der Waals surface area contributed by atoms with Gasteiger partial charge in [-0.25, -0.2) is 9.18 Å². The number of carbonyl (C=O) groups excluding carboxylic acids is 1. The Hall–Kier alpha value is -3.54. The fourth-order valence-electron chi connectivity index (χ4n) is 2.91. The number of anilines is 2. The van der Waals surface area contributed by atoms with Gasteiger partial charge in [0.25, 0.3) is 0 Å². The van der Waals surface area contributed by atoms with Gasteiger partial charge in [0.05, 0.1) is 12.3 Å². The molecule has 1 amide bonds. The highest BCUT2D eigenvalue weighted by Gasteiger charge is 2.11. The molecule has 5 nitrogen and oxygen atoms in total. The van der Waals surface area contributed by atoms with Crippen molar-refractivity contribution in [1.82, 2.24) is 0 Å². The van der Waals surface area contributed by atoms with E-state index >= 15 is 0 Å². The quantitative estimate of drug-likeness (QED) is 0.488. The van der Waals surface area contributed by atoms with Crippen LogP contribution in [-0.2, 0) is 17.9 Å². The summed E-state index contributed by atoms with van der Waals surface area (Å²) in [6.07, 6.45) is -0.543. The Bertz CT molecular complexity index is 993. The van der Waals surface area contributed by atoms with Crippen LogP contribution in [0.1, 0.15) is 23.6 Å². The molecule has 0 radical (unpaired) electrons. The van der Waals surface area contributed by atoms with Gasteiger partial charge in [-0.05, 0) is 48.7 Å². The third-order valence-corrected chi connectivity index (χ3v) is 4.59. The lowest BCUT2D eigenvalue weighted by molar-refractivity contribution is 0.167. The Morgan fingerprint density at radius 1 is 1.03 bits per heavy atom. The molecule has 0 aromatic heterocycles. The predicted molar refractivity (Wildman–Crippen MR) is 116 cm³/mol. The van der Waals surface area contributed by atoms with E-state index in [1.54, 1.807) is 32.0 Å². The second kappa shape index (κ2) is 10.3.